The Kier molecular flexibility index (Phi) is 2.62. The Hall–Kier alpha value is -1.13. The van der Waals surface area contributed by atoms with Crippen molar-refractivity contribution in [1.29, 1.82) is 0 Å². The summed E-state index contributed by atoms with van der Waals surface area (Å²) in [5.41, 5.74) is 12.5. The maximum atomic E-state index is 9.20. The fraction of sp³-hybridized carbons (Fsp3) is 0.375. The molecule has 0 radical (unpaired) electrons. The molecule has 0 saturated carbocycles. The fourth-order valence-corrected chi connectivity index (χ4v) is 0.981. The van der Waals surface area contributed by atoms with Crippen LogP contribution in [-0.4, -0.2) is 16.2 Å². The van der Waals surface area contributed by atoms with E-state index >= 15 is 0 Å². The van der Waals surface area contributed by atoms with E-state index in [1.807, 2.05) is 0 Å². The van der Waals surface area contributed by atoms with Gasteiger partial charge >= 0.3 is 0 Å². The SMILES string of the molecule is CC(O)C(N)c1ccncc1N. The number of hydrogen-bond donors (Lipinski definition) is 3. The standard InChI is InChI=1S/C8H13N3O/c1-5(12)8(10)6-2-3-11-4-7(6)9/h2-5,8,12H,9-10H2,1H3. The lowest BCUT2D eigenvalue weighted by atomic mass is 10.0. The van der Waals surface area contributed by atoms with Gasteiger partial charge < -0.3 is 16.6 Å². The van der Waals surface area contributed by atoms with Crippen LogP contribution in [0.4, 0.5) is 5.69 Å². The first-order valence-corrected chi connectivity index (χ1v) is 3.76. The second-order valence-electron chi connectivity index (χ2n) is 2.77. The third-order valence-electron chi connectivity index (χ3n) is 1.77. The summed E-state index contributed by atoms with van der Waals surface area (Å²) in [6, 6.07) is 1.28. The maximum absolute atomic E-state index is 9.20. The molecule has 66 valence electrons. The van der Waals surface area contributed by atoms with Gasteiger partial charge in [-0.2, -0.15) is 0 Å². The highest BCUT2D eigenvalue weighted by Crippen LogP contribution is 2.19. The van der Waals surface area contributed by atoms with Crippen LogP contribution in [0.1, 0.15) is 18.5 Å². The van der Waals surface area contributed by atoms with Crippen LogP contribution in [0.25, 0.3) is 0 Å². The topological polar surface area (TPSA) is 85.2 Å². The van der Waals surface area contributed by atoms with Gasteiger partial charge in [-0.3, -0.25) is 4.98 Å². The van der Waals surface area contributed by atoms with Gasteiger partial charge in [0.1, 0.15) is 0 Å². The highest BCUT2D eigenvalue weighted by Gasteiger charge is 2.13. The smallest absolute Gasteiger partial charge is 0.0705 e. The molecule has 0 aromatic carbocycles. The highest BCUT2D eigenvalue weighted by atomic mass is 16.3. The van der Waals surface area contributed by atoms with E-state index < -0.39 is 12.1 Å². The van der Waals surface area contributed by atoms with Gasteiger partial charge in [-0.25, -0.2) is 0 Å². The highest BCUT2D eigenvalue weighted by molar-refractivity contribution is 5.45. The third-order valence-corrected chi connectivity index (χ3v) is 1.77. The van der Waals surface area contributed by atoms with Crippen molar-refractivity contribution in [3.63, 3.8) is 0 Å². The molecule has 2 atom stereocenters. The van der Waals surface area contributed by atoms with Crippen LogP contribution < -0.4 is 11.5 Å². The van der Waals surface area contributed by atoms with E-state index in [9.17, 15) is 5.11 Å². The number of aliphatic hydroxyl groups excluding tert-OH is 1. The first kappa shape index (κ1) is 8.96. The second kappa shape index (κ2) is 3.51. The number of aliphatic hydroxyl groups is 1. The van der Waals surface area contributed by atoms with Gasteiger partial charge in [0.15, 0.2) is 0 Å². The molecule has 1 aromatic rings. The van der Waals surface area contributed by atoms with E-state index in [1.165, 1.54) is 6.20 Å². The molecule has 5 N–H and O–H groups in total. The van der Waals surface area contributed by atoms with E-state index in [4.69, 9.17) is 11.5 Å². The van der Waals surface area contributed by atoms with Gasteiger partial charge in [-0.15, -0.1) is 0 Å². The predicted octanol–water partition coefficient (Wildman–Crippen LogP) is 0.0444. The molecule has 0 fully saturated rings. The third kappa shape index (κ3) is 1.72. The molecule has 4 nitrogen and oxygen atoms in total. The molecule has 0 aliphatic rings. The summed E-state index contributed by atoms with van der Waals surface area (Å²) in [5, 5.41) is 9.20. The molecule has 4 heteroatoms. The monoisotopic (exact) mass is 167 g/mol. The van der Waals surface area contributed by atoms with Crippen LogP contribution in [0.3, 0.4) is 0 Å². The summed E-state index contributed by atoms with van der Waals surface area (Å²) in [7, 11) is 0. The van der Waals surface area contributed by atoms with Gasteiger partial charge in [0.2, 0.25) is 0 Å². The molecule has 0 spiro atoms. The maximum Gasteiger partial charge on any atom is 0.0705 e. The van der Waals surface area contributed by atoms with Gasteiger partial charge in [0.05, 0.1) is 24.0 Å². The van der Waals surface area contributed by atoms with Crippen molar-refractivity contribution in [1.82, 2.24) is 4.98 Å². The van der Waals surface area contributed by atoms with Crippen molar-refractivity contribution in [2.75, 3.05) is 5.73 Å². The Morgan fingerprint density at radius 1 is 1.58 bits per heavy atom. The molecule has 0 saturated heterocycles. The van der Waals surface area contributed by atoms with Crippen molar-refractivity contribution < 1.29 is 5.11 Å². The summed E-state index contributed by atoms with van der Waals surface area (Å²) in [6.45, 7) is 1.63. The molecular formula is C8H13N3O. The Balaban J connectivity index is 2.94. The molecular weight excluding hydrogens is 154 g/mol. The number of hydrogen-bond acceptors (Lipinski definition) is 4. The molecule has 0 bridgehead atoms. The Morgan fingerprint density at radius 3 is 2.75 bits per heavy atom. The molecule has 0 aliphatic heterocycles. The largest absolute Gasteiger partial charge is 0.397 e. The fourth-order valence-electron chi connectivity index (χ4n) is 0.981. The summed E-state index contributed by atoms with van der Waals surface area (Å²) in [5.74, 6) is 0. The lowest BCUT2D eigenvalue weighted by molar-refractivity contribution is 0.164. The quantitative estimate of drug-likeness (QED) is 0.580. The average molecular weight is 167 g/mol. The van der Waals surface area contributed by atoms with Gasteiger partial charge in [-0.1, -0.05) is 0 Å². The normalized spacial score (nSPS) is 15.6. The molecule has 1 heterocycles. The van der Waals surface area contributed by atoms with Crippen LogP contribution in [0.5, 0.6) is 0 Å². The summed E-state index contributed by atoms with van der Waals surface area (Å²) in [4.78, 5) is 3.82. The van der Waals surface area contributed by atoms with Crippen molar-refractivity contribution in [2.24, 2.45) is 5.73 Å². The van der Waals surface area contributed by atoms with Gasteiger partial charge in [-0.05, 0) is 18.6 Å². The number of rotatable bonds is 2. The number of pyridine rings is 1. The summed E-state index contributed by atoms with van der Waals surface area (Å²) in [6.07, 6.45) is 2.53. The van der Waals surface area contributed by atoms with E-state index in [-0.39, 0.29) is 0 Å². The molecule has 12 heavy (non-hydrogen) atoms. The van der Waals surface area contributed by atoms with Crippen LogP contribution >= 0.6 is 0 Å². The number of nitrogen functional groups attached to an aromatic ring is 1. The van der Waals surface area contributed by atoms with Crippen LogP contribution in [-0.2, 0) is 0 Å². The van der Waals surface area contributed by atoms with Crippen LogP contribution in [0.2, 0.25) is 0 Å². The van der Waals surface area contributed by atoms with Crippen LogP contribution in [0, 0.1) is 0 Å². The van der Waals surface area contributed by atoms with Crippen molar-refractivity contribution >= 4 is 5.69 Å². The van der Waals surface area contributed by atoms with E-state index in [2.05, 4.69) is 4.98 Å². The molecule has 0 aliphatic carbocycles. The number of anilines is 1. The van der Waals surface area contributed by atoms with Crippen molar-refractivity contribution in [3.05, 3.63) is 24.0 Å². The first-order valence-electron chi connectivity index (χ1n) is 3.76. The minimum Gasteiger partial charge on any atom is -0.397 e. The zero-order chi connectivity index (χ0) is 9.14. The zero-order valence-electron chi connectivity index (χ0n) is 6.94. The van der Waals surface area contributed by atoms with Gasteiger partial charge in [0.25, 0.3) is 0 Å². The zero-order valence-corrected chi connectivity index (χ0v) is 6.94. The minimum absolute atomic E-state index is 0.437. The summed E-state index contributed by atoms with van der Waals surface area (Å²) >= 11 is 0. The lowest BCUT2D eigenvalue weighted by Gasteiger charge is -2.16. The van der Waals surface area contributed by atoms with E-state index in [0.29, 0.717) is 5.69 Å². The lowest BCUT2D eigenvalue weighted by Crippen LogP contribution is -2.24. The van der Waals surface area contributed by atoms with E-state index in [1.54, 1.807) is 19.2 Å². The van der Waals surface area contributed by atoms with Crippen LogP contribution in [0.15, 0.2) is 18.5 Å². The molecule has 1 rings (SSSR count). The Morgan fingerprint density at radius 2 is 2.25 bits per heavy atom. The average Bonchev–Trinajstić information content (AvgIpc) is 2.04. The molecule has 1 aromatic heterocycles. The molecule has 0 amide bonds. The van der Waals surface area contributed by atoms with Gasteiger partial charge in [0, 0.05) is 6.20 Å². The first-order chi connectivity index (χ1) is 5.63. The van der Waals surface area contributed by atoms with Crippen molar-refractivity contribution in [2.45, 2.75) is 19.1 Å². The minimum atomic E-state index is -0.602. The molecule has 2 unspecified atom stereocenters. The number of nitrogens with two attached hydrogens (primary N) is 2. The van der Waals surface area contributed by atoms with E-state index in [0.717, 1.165) is 5.56 Å². The summed E-state index contributed by atoms with van der Waals surface area (Å²) < 4.78 is 0. The Labute approximate surface area is 71.2 Å². The number of nitrogens with zero attached hydrogens (tertiary/aromatic N) is 1. The Bertz CT molecular complexity index is 262. The second-order valence-corrected chi connectivity index (χ2v) is 2.77. The predicted molar refractivity (Wildman–Crippen MR) is 47.3 cm³/mol. The number of aromatic nitrogens is 1. The van der Waals surface area contributed by atoms with Crippen molar-refractivity contribution in [3.8, 4) is 0 Å².